The van der Waals surface area contributed by atoms with Crippen LogP contribution >= 0.6 is 0 Å². The second kappa shape index (κ2) is 5.15. The molecule has 4 nitrogen and oxygen atoms in total. The van der Waals surface area contributed by atoms with E-state index in [0.717, 1.165) is 32.4 Å². The maximum Gasteiger partial charge on any atom is 0.229 e. The van der Waals surface area contributed by atoms with Gasteiger partial charge < -0.3 is 15.5 Å². The molecule has 0 aromatic rings. The van der Waals surface area contributed by atoms with Gasteiger partial charge in [-0.05, 0) is 33.9 Å². The number of likely N-dealkylation sites (N-methyl/N-ethyl adjacent to an activating group) is 2. The highest BCUT2D eigenvalue weighted by molar-refractivity contribution is 5.83. The van der Waals surface area contributed by atoms with Crippen molar-refractivity contribution in [2.45, 2.75) is 32.2 Å². The van der Waals surface area contributed by atoms with E-state index in [1.165, 1.54) is 0 Å². The fraction of sp³-hybridized carbons (Fsp3) is 0.917. The van der Waals surface area contributed by atoms with Crippen LogP contribution in [0.5, 0.6) is 0 Å². The lowest BCUT2D eigenvalue weighted by Crippen LogP contribution is -2.49. The lowest BCUT2D eigenvalue weighted by molar-refractivity contribution is -0.140. The summed E-state index contributed by atoms with van der Waals surface area (Å²) in [5.74, 6) is 0.208. The van der Waals surface area contributed by atoms with Crippen molar-refractivity contribution in [3.05, 3.63) is 0 Å². The van der Waals surface area contributed by atoms with Crippen LogP contribution in [-0.4, -0.2) is 56.0 Å². The van der Waals surface area contributed by atoms with Gasteiger partial charge in [0, 0.05) is 26.2 Å². The molecule has 0 aliphatic heterocycles. The molecule has 0 spiro atoms. The molecule has 1 aliphatic carbocycles. The summed E-state index contributed by atoms with van der Waals surface area (Å²) in [6, 6.07) is 0.0295. The van der Waals surface area contributed by atoms with E-state index in [-0.39, 0.29) is 17.4 Å². The molecule has 0 saturated heterocycles. The van der Waals surface area contributed by atoms with Crippen LogP contribution < -0.4 is 5.73 Å². The van der Waals surface area contributed by atoms with E-state index in [4.69, 9.17) is 5.73 Å². The molecule has 2 atom stereocenters. The van der Waals surface area contributed by atoms with Gasteiger partial charge in [0.2, 0.25) is 5.91 Å². The number of carbonyl (C=O) groups excluding carboxylic acids is 1. The average Bonchev–Trinajstić information content (AvgIpc) is 2.56. The third-order valence-corrected chi connectivity index (χ3v) is 3.75. The number of rotatable bonds is 4. The molecule has 2 N–H and O–H groups in total. The third-order valence-electron chi connectivity index (χ3n) is 3.75. The molecule has 0 heterocycles. The monoisotopic (exact) mass is 227 g/mol. The van der Waals surface area contributed by atoms with Gasteiger partial charge in [0.1, 0.15) is 0 Å². The molecule has 1 fully saturated rings. The minimum atomic E-state index is -0.332. The van der Waals surface area contributed by atoms with Crippen molar-refractivity contribution in [1.82, 2.24) is 9.80 Å². The highest BCUT2D eigenvalue weighted by Crippen LogP contribution is 2.38. The second-order valence-corrected chi connectivity index (χ2v) is 5.45. The van der Waals surface area contributed by atoms with Gasteiger partial charge in [0.25, 0.3) is 0 Å². The number of carbonyl (C=O) groups is 1. The summed E-state index contributed by atoms with van der Waals surface area (Å²) < 4.78 is 0. The third kappa shape index (κ3) is 2.74. The Labute approximate surface area is 98.8 Å². The number of amides is 1. The fourth-order valence-corrected chi connectivity index (χ4v) is 2.35. The first kappa shape index (κ1) is 13.5. The molecule has 0 bridgehead atoms. The van der Waals surface area contributed by atoms with Gasteiger partial charge in [0.05, 0.1) is 5.41 Å². The highest BCUT2D eigenvalue weighted by Gasteiger charge is 2.44. The zero-order chi connectivity index (χ0) is 12.3. The van der Waals surface area contributed by atoms with Crippen LogP contribution in [0.1, 0.15) is 26.2 Å². The van der Waals surface area contributed by atoms with Crippen molar-refractivity contribution < 1.29 is 4.79 Å². The number of nitrogens with zero attached hydrogens (tertiary/aromatic N) is 2. The summed E-state index contributed by atoms with van der Waals surface area (Å²) in [7, 11) is 5.91. The van der Waals surface area contributed by atoms with E-state index in [1.54, 1.807) is 0 Å². The maximum atomic E-state index is 12.3. The van der Waals surface area contributed by atoms with Crippen LogP contribution in [0.15, 0.2) is 0 Å². The molecule has 0 radical (unpaired) electrons. The predicted octanol–water partition coefficient (Wildman–Crippen LogP) is 0.524. The van der Waals surface area contributed by atoms with Crippen molar-refractivity contribution in [1.29, 1.82) is 0 Å². The minimum absolute atomic E-state index is 0.0295. The molecular weight excluding hydrogens is 202 g/mol. The second-order valence-electron chi connectivity index (χ2n) is 5.45. The molecule has 1 amide bonds. The minimum Gasteiger partial charge on any atom is -0.344 e. The number of hydrogen-bond donors (Lipinski definition) is 1. The van der Waals surface area contributed by atoms with E-state index in [0.29, 0.717) is 0 Å². The maximum absolute atomic E-state index is 12.3. The molecule has 94 valence electrons. The Kier molecular flexibility index (Phi) is 4.33. The van der Waals surface area contributed by atoms with Crippen LogP contribution in [0.4, 0.5) is 0 Å². The van der Waals surface area contributed by atoms with Gasteiger partial charge >= 0.3 is 0 Å². The van der Waals surface area contributed by atoms with E-state index in [1.807, 2.05) is 33.0 Å². The van der Waals surface area contributed by atoms with Crippen molar-refractivity contribution in [2.24, 2.45) is 11.1 Å². The zero-order valence-corrected chi connectivity index (χ0v) is 11.0. The Morgan fingerprint density at radius 2 is 2.00 bits per heavy atom. The van der Waals surface area contributed by atoms with Gasteiger partial charge in [-0.1, -0.05) is 6.42 Å². The normalized spacial score (nSPS) is 29.8. The molecule has 1 aliphatic rings. The Bertz CT molecular complexity index is 255. The van der Waals surface area contributed by atoms with Crippen LogP contribution in [0.3, 0.4) is 0 Å². The van der Waals surface area contributed by atoms with Crippen LogP contribution in [0.25, 0.3) is 0 Å². The van der Waals surface area contributed by atoms with Gasteiger partial charge in [-0.3, -0.25) is 4.79 Å². The molecule has 0 aromatic carbocycles. The summed E-state index contributed by atoms with van der Waals surface area (Å²) in [6.45, 7) is 3.68. The van der Waals surface area contributed by atoms with E-state index < -0.39 is 0 Å². The topological polar surface area (TPSA) is 49.6 Å². The lowest BCUT2D eigenvalue weighted by Gasteiger charge is -2.32. The summed E-state index contributed by atoms with van der Waals surface area (Å²) in [5.41, 5.74) is 5.72. The SMILES string of the molecule is CN(C)CCN(C)C(=O)C1(C)CCCC1N. The molecule has 0 aromatic heterocycles. The van der Waals surface area contributed by atoms with Gasteiger partial charge in [-0.2, -0.15) is 0 Å². The van der Waals surface area contributed by atoms with Gasteiger partial charge in [0.15, 0.2) is 0 Å². The molecule has 2 unspecified atom stereocenters. The smallest absolute Gasteiger partial charge is 0.229 e. The van der Waals surface area contributed by atoms with E-state index >= 15 is 0 Å². The summed E-state index contributed by atoms with van der Waals surface area (Å²) in [6.07, 6.45) is 2.98. The first-order valence-corrected chi connectivity index (χ1v) is 6.04. The number of hydrogen-bond acceptors (Lipinski definition) is 3. The standard InChI is InChI=1S/C12H25N3O/c1-12(7-5-6-10(12)13)11(16)15(4)9-8-14(2)3/h10H,5-9,13H2,1-4H3. The highest BCUT2D eigenvalue weighted by atomic mass is 16.2. The van der Waals surface area contributed by atoms with Crippen LogP contribution in [0.2, 0.25) is 0 Å². The summed E-state index contributed by atoms with van der Waals surface area (Å²) in [4.78, 5) is 16.2. The van der Waals surface area contributed by atoms with Crippen molar-refractivity contribution in [3.8, 4) is 0 Å². The average molecular weight is 227 g/mol. The van der Waals surface area contributed by atoms with Crippen LogP contribution in [0, 0.1) is 5.41 Å². The number of nitrogens with two attached hydrogens (primary N) is 1. The van der Waals surface area contributed by atoms with Gasteiger partial charge in [-0.15, -0.1) is 0 Å². The Balaban J connectivity index is 2.56. The zero-order valence-electron chi connectivity index (χ0n) is 11.0. The lowest BCUT2D eigenvalue weighted by atomic mass is 9.83. The van der Waals surface area contributed by atoms with Crippen molar-refractivity contribution >= 4 is 5.91 Å². The first-order valence-electron chi connectivity index (χ1n) is 6.04. The van der Waals surface area contributed by atoms with E-state index in [9.17, 15) is 4.79 Å². The van der Waals surface area contributed by atoms with Crippen LogP contribution in [-0.2, 0) is 4.79 Å². The first-order chi connectivity index (χ1) is 7.38. The van der Waals surface area contributed by atoms with Crippen molar-refractivity contribution in [2.75, 3.05) is 34.2 Å². The van der Waals surface area contributed by atoms with Gasteiger partial charge in [-0.25, -0.2) is 0 Å². The largest absolute Gasteiger partial charge is 0.344 e. The summed E-state index contributed by atoms with van der Waals surface area (Å²) >= 11 is 0. The van der Waals surface area contributed by atoms with E-state index in [2.05, 4.69) is 4.90 Å². The molecular formula is C12H25N3O. The van der Waals surface area contributed by atoms with Crippen molar-refractivity contribution in [3.63, 3.8) is 0 Å². The molecule has 4 heteroatoms. The molecule has 16 heavy (non-hydrogen) atoms. The quantitative estimate of drug-likeness (QED) is 0.762. The Hall–Kier alpha value is -0.610. The fourth-order valence-electron chi connectivity index (χ4n) is 2.35. The predicted molar refractivity (Wildman–Crippen MR) is 66.1 cm³/mol. The molecule has 1 rings (SSSR count). The molecule has 1 saturated carbocycles. The Morgan fingerprint density at radius 1 is 1.38 bits per heavy atom. The Morgan fingerprint density at radius 3 is 2.44 bits per heavy atom. The summed E-state index contributed by atoms with van der Waals surface area (Å²) in [5, 5.41) is 0.